The molecule has 0 radical (unpaired) electrons. The summed E-state index contributed by atoms with van der Waals surface area (Å²) in [5.74, 6) is 1.10. The van der Waals surface area contributed by atoms with Crippen molar-refractivity contribution in [3.8, 4) is 0 Å². The van der Waals surface area contributed by atoms with Crippen LogP contribution in [0.3, 0.4) is 0 Å². The molecule has 0 bridgehead atoms. The summed E-state index contributed by atoms with van der Waals surface area (Å²) in [4.78, 5) is 29.0. The van der Waals surface area contributed by atoms with Gasteiger partial charge in [0.25, 0.3) is 0 Å². The molecule has 0 unspecified atom stereocenters. The zero-order chi connectivity index (χ0) is 18.4. The minimum absolute atomic E-state index is 0.0771. The van der Waals surface area contributed by atoms with Crippen LogP contribution in [0.4, 0.5) is 4.79 Å². The molecule has 1 aliphatic heterocycles. The number of carbonyl (C=O) groups excluding carboxylic acids is 2. The lowest BCUT2D eigenvalue weighted by Gasteiger charge is -2.23. The Balaban J connectivity index is 1.66. The first kappa shape index (κ1) is 19.6. The van der Waals surface area contributed by atoms with Crippen molar-refractivity contribution >= 4 is 23.7 Å². The lowest BCUT2D eigenvalue weighted by molar-refractivity contribution is -0.129. The molecular weight excluding hydrogens is 334 g/mol. The standard InChI is InChI=1S/C19H29N3O2S/c1-14(2)22-13-16(12-18(22)23)20-19(24)21(4)10-5-11-25-17-8-6-15(3)7-9-17/h6-9,14,16H,5,10-13H2,1-4H3,(H,20,24)/t16-/m1/s1. The van der Waals surface area contributed by atoms with Gasteiger partial charge in [-0.2, -0.15) is 0 Å². The molecule has 0 aromatic heterocycles. The number of carbonyl (C=O) groups is 2. The predicted molar refractivity (Wildman–Crippen MR) is 103 cm³/mol. The topological polar surface area (TPSA) is 52.7 Å². The molecule has 1 atom stereocenters. The molecule has 1 fully saturated rings. The van der Waals surface area contributed by atoms with Crippen LogP contribution in [0.1, 0.15) is 32.3 Å². The summed E-state index contributed by atoms with van der Waals surface area (Å²) in [5.41, 5.74) is 1.27. The number of hydrogen-bond donors (Lipinski definition) is 1. The number of nitrogens with one attached hydrogen (secondary N) is 1. The van der Waals surface area contributed by atoms with Gasteiger partial charge in [-0.05, 0) is 45.1 Å². The zero-order valence-corrected chi connectivity index (χ0v) is 16.4. The fourth-order valence-corrected chi connectivity index (χ4v) is 3.68. The molecule has 0 aliphatic carbocycles. The van der Waals surface area contributed by atoms with Gasteiger partial charge in [0.2, 0.25) is 5.91 Å². The van der Waals surface area contributed by atoms with Gasteiger partial charge in [0.1, 0.15) is 0 Å². The van der Waals surface area contributed by atoms with Crippen molar-refractivity contribution in [3.63, 3.8) is 0 Å². The van der Waals surface area contributed by atoms with E-state index in [1.807, 2.05) is 37.6 Å². The first-order valence-corrected chi connectivity index (χ1v) is 9.86. The van der Waals surface area contributed by atoms with Gasteiger partial charge < -0.3 is 15.1 Å². The highest BCUT2D eigenvalue weighted by Crippen LogP contribution is 2.19. The fraction of sp³-hybridized carbons (Fsp3) is 0.579. The van der Waals surface area contributed by atoms with Crippen LogP contribution in [0.15, 0.2) is 29.2 Å². The van der Waals surface area contributed by atoms with Crippen LogP contribution in [0.2, 0.25) is 0 Å². The molecule has 1 aromatic rings. The smallest absolute Gasteiger partial charge is 0.317 e. The highest BCUT2D eigenvalue weighted by Gasteiger charge is 2.32. The third-order valence-corrected chi connectivity index (χ3v) is 5.48. The summed E-state index contributed by atoms with van der Waals surface area (Å²) >= 11 is 1.81. The van der Waals surface area contributed by atoms with E-state index in [2.05, 4.69) is 36.5 Å². The maximum absolute atomic E-state index is 12.3. The summed E-state index contributed by atoms with van der Waals surface area (Å²) in [6.45, 7) is 7.40. The number of amides is 3. The first-order valence-electron chi connectivity index (χ1n) is 8.87. The Bertz CT molecular complexity index is 589. The van der Waals surface area contributed by atoms with Gasteiger partial charge in [-0.15, -0.1) is 11.8 Å². The van der Waals surface area contributed by atoms with Crippen LogP contribution in [-0.4, -0.2) is 59.7 Å². The average molecular weight is 364 g/mol. The van der Waals surface area contributed by atoms with Crippen molar-refractivity contribution < 1.29 is 9.59 Å². The number of benzene rings is 1. The van der Waals surface area contributed by atoms with Crippen molar-refractivity contribution in [2.24, 2.45) is 0 Å². The van der Waals surface area contributed by atoms with Gasteiger partial charge in [0.15, 0.2) is 0 Å². The maximum atomic E-state index is 12.3. The molecule has 1 N–H and O–H groups in total. The van der Waals surface area contributed by atoms with Crippen LogP contribution >= 0.6 is 11.8 Å². The summed E-state index contributed by atoms with van der Waals surface area (Å²) < 4.78 is 0. The molecule has 6 heteroatoms. The number of thioether (sulfide) groups is 1. The van der Waals surface area contributed by atoms with E-state index in [9.17, 15) is 9.59 Å². The molecule has 25 heavy (non-hydrogen) atoms. The van der Waals surface area contributed by atoms with Crippen LogP contribution in [-0.2, 0) is 4.79 Å². The molecule has 2 rings (SSSR count). The van der Waals surface area contributed by atoms with Crippen molar-refractivity contribution in [2.75, 3.05) is 25.9 Å². The minimum Gasteiger partial charge on any atom is -0.338 e. The molecule has 138 valence electrons. The SMILES string of the molecule is Cc1ccc(SCCCN(C)C(=O)N[C@@H]2CC(=O)N(C(C)C)C2)cc1. The fourth-order valence-electron chi connectivity index (χ4n) is 2.84. The Morgan fingerprint density at radius 3 is 2.64 bits per heavy atom. The van der Waals surface area contributed by atoms with Crippen molar-refractivity contribution in [2.45, 2.75) is 50.6 Å². The Hall–Kier alpha value is -1.69. The van der Waals surface area contributed by atoms with Gasteiger partial charge in [-0.3, -0.25) is 4.79 Å². The Morgan fingerprint density at radius 2 is 2.04 bits per heavy atom. The van der Waals surface area contributed by atoms with E-state index in [-0.39, 0.29) is 24.0 Å². The third kappa shape index (κ3) is 5.96. The van der Waals surface area contributed by atoms with E-state index in [0.29, 0.717) is 19.5 Å². The lowest BCUT2D eigenvalue weighted by Crippen LogP contribution is -2.45. The van der Waals surface area contributed by atoms with E-state index in [0.717, 1.165) is 12.2 Å². The Labute approximate surface area is 155 Å². The first-order chi connectivity index (χ1) is 11.9. The van der Waals surface area contributed by atoms with Crippen molar-refractivity contribution in [3.05, 3.63) is 29.8 Å². The van der Waals surface area contributed by atoms with Gasteiger partial charge >= 0.3 is 6.03 Å². The highest BCUT2D eigenvalue weighted by molar-refractivity contribution is 7.99. The molecule has 0 saturated carbocycles. The second-order valence-electron chi connectivity index (χ2n) is 6.93. The number of hydrogen-bond acceptors (Lipinski definition) is 3. The largest absolute Gasteiger partial charge is 0.338 e. The van der Waals surface area contributed by atoms with Gasteiger partial charge in [-0.1, -0.05) is 17.7 Å². The number of aryl methyl sites for hydroxylation is 1. The van der Waals surface area contributed by atoms with E-state index < -0.39 is 0 Å². The number of rotatable bonds is 7. The molecule has 0 spiro atoms. The molecular formula is C19H29N3O2S. The summed E-state index contributed by atoms with van der Waals surface area (Å²) in [7, 11) is 1.81. The molecule has 3 amide bonds. The zero-order valence-electron chi connectivity index (χ0n) is 15.6. The second kappa shape index (κ2) is 9.13. The van der Waals surface area contributed by atoms with Gasteiger partial charge in [0.05, 0.1) is 6.04 Å². The summed E-state index contributed by atoms with van der Waals surface area (Å²) in [6.07, 6.45) is 1.34. The van der Waals surface area contributed by atoms with Crippen LogP contribution in [0.25, 0.3) is 0 Å². The highest BCUT2D eigenvalue weighted by atomic mass is 32.2. The van der Waals surface area contributed by atoms with Gasteiger partial charge in [-0.25, -0.2) is 4.79 Å². The van der Waals surface area contributed by atoms with E-state index in [4.69, 9.17) is 0 Å². The van der Waals surface area contributed by atoms with Crippen molar-refractivity contribution in [1.29, 1.82) is 0 Å². The van der Waals surface area contributed by atoms with Crippen molar-refractivity contribution in [1.82, 2.24) is 15.1 Å². The third-order valence-electron chi connectivity index (χ3n) is 4.38. The number of urea groups is 1. The quantitative estimate of drug-likeness (QED) is 0.598. The van der Waals surface area contributed by atoms with Crippen LogP contribution in [0.5, 0.6) is 0 Å². The minimum atomic E-state index is -0.0938. The number of likely N-dealkylation sites (tertiary alicyclic amines) is 1. The maximum Gasteiger partial charge on any atom is 0.317 e. The van der Waals surface area contributed by atoms with E-state index in [1.165, 1.54) is 10.5 Å². The Morgan fingerprint density at radius 1 is 1.36 bits per heavy atom. The normalized spacial score (nSPS) is 17.2. The lowest BCUT2D eigenvalue weighted by atomic mass is 10.2. The van der Waals surface area contributed by atoms with E-state index >= 15 is 0 Å². The monoisotopic (exact) mass is 363 g/mol. The molecule has 1 saturated heterocycles. The predicted octanol–water partition coefficient (Wildman–Crippen LogP) is 3.13. The molecule has 5 nitrogen and oxygen atoms in total. The van der Waals surface area contributed by atoms with E-state index in [1.54, 1.807) is 4.90 Å². The molecule has 1 aromatic carbocycles. The van der Waals surface area contributed by atoms with Crippen LogP contribution in [0, 0.1) is 6.92 Å². The molecule has 1 aliphatic rings. The number of nitrogens with zero attached hydrogens (tertiary/aromatic N) is 2. The summed E-state index contributed by atoms with van der Waals surface area (Å²) in [6, 6.07) is 8.51. The van der Waals surface area contributed by atoms with Gasteiger partial charge in [0, 0.05) is 37.5 Å². The van der Waals surface area contributed by atoms with Crippen LogP contribution < -0.4 is 5.32 Å². The average Bonchev–Trinajstić information content (AvgIpc) is 2.93. The summed E-state index contributed by atoms with van der Waals surface area (Å²) in [5, 5.41) is 2.98. The molecule has 1 heterocycles. The second-order valence-corrected chi connectivity index (χ2v) is 8.10. The Kier molecular flexibility index (Phi) is 7.17.